The second kappa shape index (κ2) is 8.08. The summed E-state index contributed by atoms with van der Waals surface area (Å²) in [6, 6.07) is 11.4. The van der Waals surface area contributed by atoms with Gasteiger partial charge < -0.3 is 9.84 Å². The molecule has 0 unspecified atom stereocenters. The third-order valence-electron chi connectivity index (χ3n) is 4.63. The van der Waals surface area contributed by atoms with Gasteiger partial charge in [0, 0.05) is 24.2 Å². The molecule has 152 valence electrons. The Morgan fingerprint density at radius 3 is 2.83 bits per heavy atom. The van der Waals surface area contributed by atoms with E-state index in [1.54, 1.807) is 43.3 Å². The maximum atomic E-state index is 13.6. The molecule has 1 N–H and O–H groups in total. The van der Waals surface area contributed by atoms with Crippen LogP contribution in [-0.4, -0.2) is 20.6 Å². The van der Waals surface area contributed by atoms with Gasteiger partial charge in [0.15, 0.2) is 0 Å². The first kappa shape index (κ1) is 19.8. The maximum absolute atomic E-state index is 13.6. The van der Waals surface area contributed by atoms with Crippen LogP contribution in [0.3, 0.4) is 0 Å². The number of halogens is 2. The van der Waals surface area contributed by atoms with Crippen molar-refractivity contribution in [3.63, 3.8) is 0 Å². The van der Waals surface area contributed by atoms with E-state index >= 15 is 0 Å². The lowest BCUT2D eigenvalue weighted by Gasteiger charge is -2.08. The lowest BCUT2D eigenvalue weighted by molar-refractivity contribution is -0.116. The highest BCUT2D eigenvalue weighted by atomic mass is 35.5. The highest BCUT2D eigenvalue weighted by Crippen LogP contribution is 2.30. The lowest BCUT2D eigenvalue weighted by Crippen LogP contribution is -2.23. The molecule has 2 aromatic heterocycles. The van der Waals surface area contributed by atoms with Gasteiger partial charge in [-0.25, -0.2) is 9.37 Å². The normalized spacial score (nSPS) is 11.0. The largest absolute Gasteiger partial charge is 0.335 e. The fourth-order valence-corrected chi connectivity index (χ4v) is 3.22. The van der Waals surface area contributed by atoms with Gasteiger partial charge >= 0.3 is 0 Å². The first-order valence-electron chi connectivity index (χ1n) is 9.10. The molecule has 0 aliphatic carbocycles. The number of nitrogens with one attached hydrogen (secondary N) is 1. The molecule has 9 heteroatoms. The molecule has 0 fully saturated rings. The smallest absolute Gasteiger partial charge is 0.266 e. The Morgan fingerprint density at radius 2 is 2.07 bits per heavy atom. The zero-order chi connectivity index (χ0) is 21.3. The van der Waals surface area contributed by atoms with E-state index in [-0.39, 0.29) is 30.0 Å². The summed E-state index contributed by atoms with van der Waals surface area (Å²) in [7, 11) is 0. The molecule has 2 heterocycles. The Hall–Kier alpha value is -3.52. The number of benzene rings is 2. The van der Waals surface area contributed by atoms with Crippen molar-refractivity contribution in [1.29, 1.82) is 0 Å². The SMILES string of the molecule is Cc1ccc(NC(=O)CCn2cnc3onc(-c4ccccc4Cl)c3c2=O)cc1F. The van der Waals surface area contributed by atoms with Gasteiger partial charge in [-0.05, 0) is 30.7 Å². The molecule has 2 aromatic carbocycles. The molecule has 0 aliphatic rings. The number of carbonyl (C=O) groups excluding carboxylic acids is 1. The van der Waals surface area contributed by atoms with Crippen molar-refractivity contribution in [3.05, 3.63) is 75.5 Å². The van der Waals surface area contributed by atoms with Gasteiger partial charge in [0.2, 0.25) is 5.91 Å². The Kier molecular flexibility index (Phi) is 5.33. The topological polar surface area (TPSA) is 90.0 Å². The van der Waals surface area contributed by atoms with Gasteiger partial charge in [0.05, 0.1) is 5.02 Å². The van der Waals surface area contributed by atoms with Crippen molar-refractivity contribution < 1.29 is 13.7 Å². The number of nitrogens with zero attached hydrogens (tertiary/aromatic N) is 3. The summed E-state index contributed by atoms with van der Waals surface area (Å²) in [5.41, 5.74) is 1.37. The number of carbonyl (C=O) groups is 1. The molecule has 30 heavy (non-hydrogen) atoms. The standard InChI is InChI=1S/C21H16ClFN4O3/c1-12-6-7-13(10-16(12)23)25-17(28)8-9-27-11-24-20-18(21(27)29)19(26-30-20)14-4-2-3-5-15(14)22/h2-7,10-11H,8-9H2,1H3,(H,25,28). The molecule has 0 radical (unpaired) electrons. The second-order valence-electron chi connectivity index (χ2n) is 6.70. The Balaban J connectivity index is 1.56. The Labute approximate surface area is 175 Å². The third-order valence-corrected chi connectivity index (χ3v) is 4.96. The second-order valence-corrected chi connectivity index (χ2v) is 7.10. The maximum Gasteiger partial charge on any atom is 0.266 e. The summed E-state index contributed by atoms with van der Waals surface area (Å²) < 4.78 is 20.1. The summed E-state index contributed by atoms with van der Waals surface area (Å²) in [5, 5.41) is 7.17. The summed E-state index contributed by atoms with van der Waals surface area (Å²) in [6.07, 6.45) is 1.29. The van der Waals surface area contributed by atoms with E-state index in [2.05, 4.69) is 15.5 Å². The number of amides is 1. The lowest BCUT2D eigenvalue weighted by atomic mass is 10.1. The number of aryl methyl sites for hydroxylation is 2. The van der Waals surface area contributed by atoms with Crippen molar-refractivity contribution in [2.75, 3.05) is 5.32 Å². The molecular formula is C21H16ClFN4O3. The van der Waals surface area contributed by atoms with Crippen molar-refractivity contribution in [1.82, 2.24) is 14.7 Å². The van der Waals surface area contributed by atoms with E-state index < -0.39 is 11.4 Å². The quantitative estimate of drug-likeness (QED) is 0.517. The van der Waals surface area contributed by atoms with Crippen LogP contribution in [0.2, 0.25) is 5.02 Å². The number of aromatic nitrogens is 3. The minimum atomic E-state index is -0.404. The molecule has 4 aromatic rings. The minimum absolute atomic E-state index is 0.00467. The van der Waals surface area contributed by atoms with Gasteiger partial charge in [-0.15, -0.1) is 0 Å². The molecular weight excluding hydrogens is 411 g/mol. The van der Waals surface area contributed by atoms with E-state index in [1.165, 1.54) is 17.0 Å². The summed E-state index contributed by atoms with van der Waals surface area (Å²) >= 11 is 6.22. The van der Waals surface area contributed by atoms with Gasteiger partial charge in [-0.1, -0.05) is 41.0 Å². The number of anilines is 1. The molecule has 0 atom stereocenters. The molecule has 0 aliphatic heterocycles. The highest BCUT2D eigenvalue weighted by Gasteiger charge is 2.19. The summed E-state index contributed by atoms with van der Waals surface area (Å²) in [5.74, 6) is -0.764. The van der Waals surface area contributed by atoms with Crippen LogP contribution < -0.4 is 10.9 Å². The van der Waals surface area contributed by atoms with Crippen molar-refractivity contribution in [3.8, 4) is 11.3 Å². The fourth-order valence-electron chi connectivity index (χ4n) is 2.99. The van der Waals surface area contributed by atoms with Crippen molar-refractivity contribution >= 4 is 34.3 Å². The van der Waals surface area contributed by atoms with E-state index in [0.717, 1.165) is 0 Å². The number of rotatable bonds is 5. The first-order valence-corrected chi connectivity index (χ1v) is 9.47. The van der Waals surface area contributed by atoms with Crippen LogP contribution in [0.15, 0.2) is 58.1 Å². The highest BCUT2D eigenvalue weighted by molar-refractivity contribution is 6.33. The van der Waals surface area contributed by atoms with Gasteiger partial charge in [-0.3, -0.25) is 14.2 Å². The van der Waals surface area contributed by atoms with Crippen LogP contribution in [0.1, 0.15) is 12.0 Å². The van der Waals surface area contributed by atoms with Crippen LogP contribution in [0, 0.1) is 12.7 Å². The van der Waals surface area contributed by atoms with Crippen LogP contribution in [-0.2, 0) is 11.3 Å². The minimum Gasteiger partial charge on any atom is -0.335 e. The summed E-state index contributed by atoms with van der Waals surface area (Å²) in [4.78, 5) is 29.3. The molecule has 4 rings (SSSR count). The van der Waals surface area contributed by atoms with Crippen LogP contribution >= 0.6 is 11.6 Å². The fraction of sp³-hybridized carbons (Fsp3) is 0.143. The molecule has 0 saturated heterocycles. The zero-order valence-electron chi connectivity index (χ0n) is 15.9. The van der Waals surface area contributed by atoms with Crippen molar-refractivity contribution in [2.24, 2.45) is 0 Å². The molecule has 7 nitrogen and oxygen atoms in total. The van der Waals surface area contributed by atoms with E-state index in [4.69, 9.17) is 16.1 Å². The average molecular weight is 427 g/mol. The van der Waals surface area contributed by atoms with Gasteiger partial charge in [-0.2, -0.15) is 0 Å². The summed E-state index contributed by atoms with van der Waals surface area (Å²) in [6.45, 7) is 1.72. The Morgan fingerprint density at radius 1 is 1.27 bits per heavy atom. The van der Waals surface area contributed by atoms with E-state index in [0.29, 0.717) is 27.5 Å². The van der Waals surface area contributed by atoms with E-state index in [9.17, 15) is 14.0 Å². The van der Waals surface area contributed by atoms with Crippen LogP contribution in [0.25, 0.3) is 22.4 Å². The Bertz CT molecular complexity index is 1320. The number of fused-ring (bicyclic) bond motifs is 1. The number of hydrogen-bond donors (Lipinski definition) is 1. The monoisotopic (exact) mass is 426 g/mol. The van der Waals surface area contributed by atoms with Crippen LogP contribution in [0.5, 0.6) is 0 Å². The van der Waals surface area contributed by atoms with Crippen molar-refractivity contribution in [2.45, 2.75) is 19.9 Å². The third kappa shape index (κ3) is 3.81. The predicted octanol–water partition coefficient (Wildman–Crippen LogP) is 4.18. The van der Waals surface area contributed by atoms with Crippen LogP contribution in [0.4, 0.5) is 10.1 Å². The molecule has 0 spiro atoms. The van der Waals surface area contributed by atoms with Gasteiger partial charge in [0.25, 0.3) is 11.3 Å². The zero-order valence-corrected chi connectivity index (χ0v) is 16.6. The molecule has 1 amide bonds. The molecule has 0 saturated carbocycles. The molecule has 0 bridgehead atoms. The van der Waals surface area contributed by atoms with E-state index in [1.807, 2.05) is 0 Å². The predicted molar refractivity (Wildman–Crippen MR) is 111 cm³/mol. The first-order chi connectivity index (χ1) is 14.4. The number of hydrogen-bond acceptors (Lipinski definition) is 5. The van der Waals surface area contributed by atoms with Gasteiger partial charge in [0.1, 0.15) is 23.2 Å². The average Bonchev–Trinajstić information content (AvgIpc) is 3.15.